The van der Waals surface area contributed by atoms with Crippen molar-refractivity contribution in [2.24, 2.45) is 11.8 Å². The van der Waals surface area contributed by atoms with Crippen LogP contribution in [0.15, 0.2) is 96.6 Å². The fraction of sp³-hybridized carbons (Fsp3) is 0.233. The van der Waals surface area contributed by atoms with Gasteiger partial charge < -0.3 is 10.1 Å². The summed E-state index contributed by atoms with van der Waals surface area (Å²) in [5.41, 5.74) is 2.40. The summed E-state index contributed by atoms with van der Waals surface area (Å²) in [7, 11) is 0. The monoisotopic (exact) mass is 465 g/mol. The molecule has 1 heterocycles. The highest BCUT2D eigenvalue weighted by Crippen LogP contribution is 2.59. The number of fused-ring (bicyclic) bond motifs is 2. The fourth-order valence-electron chi connectivity index (χ4n) is 5.98. The Morgan fingerprint density at radius 2 is 1.63 bits per heavy atom. The van der Waals surface area contributed by atoms with E-state index in [1.165, 1.54) is 0 Å². The second-order valence-electron chi connectivity index (χ2n) is 9.08. The minimum atomic E-state index is -1.32. The van der Waals surface area contributed by atoms with Crippen LogP contribution in [0.2, 0.25) is 0 Å². The Bertz CT molecular complexity index is 1280. The van der Waals surface area contributed by atoms with Crippen LogP contribution in [0.1, 0.15) is 29.5 Å². The van der Waals surface area contributed by atoms with E-state index < -0.39 is 29.1 Å². The third-order valence-corrected chi connectivity index (χ3v) is 7.23. The van der Waals surface area contributed by atoms with Crippen molar-refractivity contribution in [2.75, 3.05) is 11.9 Å². The first-order valence-electron chi connectivity index (χ1n) is 11.9. The van der Waals surface area contributed by atoms with Crippen LogP contribution in [0.3, 0.4) is 0 Å². The normalized spacial score (nSPS) is 24.9. The molecule has 1 spiro atoms. The standard InChI is InChI=1S/C30H27NO4/c1-2-35-28(33)27-22(17-20-11-5-3-6-12-20)18-23(19-32)26(21-13-7-4-8-14-21)30(27)24-15-9-10-16-25(24)31-29(30)34/h3-16,18-19,22,26-27H,2,17H2,1H3,(H,31,34). The molecular weight excluding hydrogens is 438 g/mol. The van der Waals surface area contributed by atoms with Gasteiger partial charge in [0.15, 0.2) is 0 Å². The number of allylic oxidation sites excluding steroid dienone is 2. The summed E-state index contributed by atoms with van der Waals surface area (Å²) in [6.45, 7) is 1.97. The second kappa shape index (κ2) is 9.34. The van der Waals surface area contributed by atoms with Gasteiger partial charge in [0.2, 0.25) is 5.91 Å². The second-order valence-corrected chi connectivity index (χ2v) is 9.08. The molecule has 3 aromatic carbocycles. The average molecular weight is 466 g/mol. The van der Waals surface area contributed by atoms with Gasteiger partial charge in [-0.25, -0.2) is 0 Å². The zero-order valence-corrected chi connectivity index (χ0v) is 19.5. The van der Waals surface area contributed by atoms with Gasteiger partial charge in [0.25, 0.3) is 0 Å². The molecule has 5 heteroatoms. The molecule has 1 aliphatic carbocycles. The molecule has 0 aromatic heterocycles. The van der Waals surface area contributed by atoms with Crippen molar-refractivity contribution in [3.05, 3.63) is 113 Å². The minimum Gasteiger partial charge on any atom is -0.466 e. The maximum Gasteiger partial charge on any atom is 0.311 e. The number of aldehydes is 1. The molecule has 0 saturated carbocycles. The Labute approximate surface area is 204 Å². The molecule has 35 heavy (non-hydrogen) atoms. The smallest absolute Gasteiger partial charge is 0.311 e. The van der Waals surface area contributed by atoms with E-state index in [4.69, 9.17) is 4.74 Å². The number of hydrogen-bond acceptors (Lipinski definition) is 4. The lowest BCUT2D eigenvalue weighted by molar-refractivity contribution is -0.156. The van der Waals surface area contributed by atoms with Crippen molar-refractivity contribution in [3.63, 3.8) is 0 Å². The van der Waals surface area contributed by atoms with Crippen LogP contribution in [0.25, 0.3) is 0 Å². The number of benzene rings is 3. The van der Waals surface area contributed by atoms with E-state index in [-0.39, 0.29) is 12.5 Å². The predicted octanol–water partition coefficient (Wildman–Crippen LogP) is 4.84. The minimum absolute atomic E-state index is 0.201. The Morgan fingerprint density at radius 3 is 2.31 bits per heavy atom. The lowest BCUT2D eigenvalue weighted by Gasteiger charge is -2.47. The lowest BCUT2D eigenvalue weighted by Crippen LogP contribution is -2.56. The number of nitrogens with one attached hydrogen (secondary N) is 1. The van der Waals surface area contributed by atoms with Crippen molar-refractivity contribution in [1.82, 2.24) is 0 Å². The number of carbonyl (C=O) groups excluding carboxylic acids is 3. The van der Waals surface area contributed by atoms with Gasteiger partial charge in [-0.2, -0.15) is 0 Å². The highest BCUT2D eigenvalue weighted by Gasteiger charge is 2.64. The molecule has 0 radical (unpaired) electrons. The highest BCUT2D eigenvalue weighted by molar-refractivity contribution is 6.11. The van der Waals surface area contributed by atoms with Gasteiger partial charge in [-0.05, 0) is 47.6 Å². The van der Waals surface area contributed by atoms with Gasteiger partial charge in [0, 0.05) is 11.6 Å². The summed E-state index contributed by atoms with van der Waals surface area (Å²) in [5, 5.41) is 3.02. The average Bonchev–Trinajstić information content (AvgIpc) is 3.16. The number of ether oxygens (including phenoxy) is 1. The molecule has 0 bridgehead atoms. The summed E-state index contributed by atoms with van der Waals surface area (Å²) in [4.78, 5) is 40.5. The van der Waals surface area contributed by atoms with E-state index in [9.17, 15) is 14.4 Å². The van der Waals surface area contributed by atoms with Gasteiger partial charge in [-0.3, -0.25) is 14.4 Å². The van der Waals surface area contributed by atoms with Crippen LogP contribution < -0.4 is 5.32 Å². The van der Waals surface area contributed by atoms with Crippen molar-refractivity contribution in [3.8, 4) is 0 Å². The van der Waals surface area contributed by atoms with Gasteiger partial charge in [0.05, 0.1) is 12.5 Å². The van der Waals surface area contributed by atoms with E-state index in [0.29, 0.717) is 17.7 Å². The Hall–Kier alpha value is -3.99. The van der Waals surface area contributed by atoms with Gasteiger partial charge in [-0.15, -0.1) is 0 Å². The van der Waals surface area contributed by atoms with E-state index in [2.05, 4.69) is 5.32 Å². The third kappa shape index (κ3) is 3.68. The molecule has 2 aliphatic rings. The van der Waals surface area contributed by atoms with Crippen LogP contribution in [0.5, 0.6) is 0 Å². The van der Waals surface area contributed by atoms with Crippen LogP contribution in [0.4, 0.5) is 5.69 Å². The Balaban J connectivity index is 1.81. The molecule has 5 nitrogen and oxygen atoms in total. The number of anilines is 1. The molecule has 176 valence electrons. The summed E-state index contributed by atoms with van der Waals surface area (Å²) < 4.78 is 5.62. The van der Waals surface area contributed by atoms with E-state index in [1.54, 1.807) is 6.92 Å². The largest absolute Gasteiger partial charge is 0.466 e. The molecule has 0 saturated heterocycles. The molecule has 1 amide bonds. The summed E-state index contributed by atoms with van der Waals surface area (Å²) in [6, 6.07) is 26.8. The number of amides is 1. The van der Waals surface area contributed by atoms with Gasteiger partial charge >= 0.3 is 5.97 Å². The number of esters is 1. The molecule has 1 aliphatic heterocycles. The number of rotatable bonds is 6. The highest BCUT2D eigenvalue weighted by atomic mass is 16.5. The number of hydrogen-bond donors (Lipinski definition) is 1. The third-order valence-electron chi connectivity index (χ3n) is 7.23. The first kappa shape index (κ1) is 22.8. The molecule has 4 unspecified atom stereocenters. The SMILES string of the molecule is CCOC(=O)C1C(Cc2ccccc2)C=C(C=O)C(c2ccccc2)C12C(=O)Nc1ccccc12. The number of para-hydroxylation sites is 1. The summed E-state index contributed by atoms with van der Waals surface area (Å²) in [6.07, 6.45) is 3.23. The quantitative estimate of drug-likeness (QED) is 0.418. The zero-order chi connectivity index (χ0) is 24.4. The maximum absolute atomic E-state index is 14.1. The van der Waals surface area contributed by atoms with E-state index in [0.717, 1.165) is 23.0 Å². The van der Waals surface area contributed by atoms with E-state index >= 15 is 0 Å². The van der Waals surface area contributed by atoms with E-state index in [1.807, 2.05) is 91.0 Å². The Kier molecular flexibility index (Phi) is 6.08. The van der Waals surface area contributed by atoms with Crippen LogP contribution in [-0.4, -0.2) is 24.8 Å². The zero-order valence-electron chi connectivity index (χ0n) is 19.5. The topological polar surface area (TPSA) is 72.5 Å². The van der Waals surface area contributed by atoms with Gasteiger partial charge in [0.1, 0.15) is 11.7 Å². The van der Waals surface area contributed by atoms with Crippen LogP contribution in [-0.2, 0) is 31.0 Å². The predicted molar refractivity (Wildman–Crippen MR) is 134 cm³/mol. The first-order chi connectivity index (χ1) is 17.1. The molecule has 3 aromatic rings. The molecule has 0 fully saturated rings. The molecule has 5 rings (SSSR count). The maximum atomic E-state index is 14.1. The summed E-state index contributed by atoms with van der Waals surface area (Å²) >= 11 is 0. The number of carbonyl (C=O) groups is 3. The lowest BCUT2D eigenvalue weighted by atomic mass is 9.52. The van der Waals surface area contributed by atoms with Gasteiger partial charge in [-0.1, -0.05) is 84.9 Å². The van der Waals surface area contributed by atoms with Crippen molar-refractivity contribution < 1.29 is 19.1 Å². The van der Waals surface area contributed by atoms with Crippen molar-refractivity contribution in [2.45, 2.75) is 24.7 Å². The van der Waals surface area contributed by atoms with Crippen molar-refractivity contribution in [1.29, 1.82) is 0 Å². The van der Waals surface area contributed by atoms with Crippen molar-refractivity contribution >= 4 is 23.9 Å². The molecular formula is C30H27NO4. The Morgan fingerprint density at radius 1 is 0.971 bits per heavy atom. The summed E-state index contributed by atoms with van der Waals surface area (Å²) in [5.74, 6) is -2.57. The molecule has 4 atom stereocenters. The van der Waals surface area contributed by atoms with Crippen LogP contribution in [0, 0.1) is 11.8 Å². The molecule has 1 N–H and O–H groups in total. The van der Waals surface area contributed by atoms with Crippen LogP contribution >= 0.6 is 0 Å². The fourth-order valence-corrected chi connectivity index (χ4v) is 5.98. The first-order valence-corrected chi connectivity index (χ1v) is 11.9.